The summed E-state index contributed by atoms with van der Waals surface area (Å²) in [6.45, 7) is -0.400. The molecule has 0 bridgehead atoms. The molecule has 0 aliphatic heterocycles. The number of ether oxygens (including phenoxy) is 2. The fraction of sp³-hybridized carbons (Fsp3) is 0.167. The quantitative estimate of drug-likeness (QED) is 0.846. The number of carboxylic acid groups (broad SMARTS) is 1. The molecule has 0 saturated carbocycles. The lowest BCUT2D eigenvalue weighted by molar-refractivity contribution is 0.0789. The Kier molecular flexibility index (Phi) is 3.56. The van der Waals surface area contributed by atoms with E-state index in [4.69, 9.17) is 18.7 Å². The minimum atomic E-state index is -1.47. The van der Waals surface area contributed by atoms with Crippen molar-refractivity contribution in [2.75, 3.05) is 7.11 Å². The maximum Gasteiger partial charge on any atom is 0.519 e. The maximum absolute atomic E-state index is 11.1. The van der Waals surface area contributed by atoms with Crippen LogP contribution in [0, 0.1) is 0 Å². The monoisotopic (exact) mass is 266 g/mol. The van der Waals surface area contributed by atoms with Crippen LogP contribution in [0.3, 0.4) is 0 Å². The fourth-order valence-electron chi connectivity index (χ4n) is 1.49. The molecule has 0 atom stereocenters. The normalized spacial score (nSPS) is 10.2. The van der Waals surface area contributed by atoms with Gasteiger partial charge in [-0.2, -0.15) is 0 Å². The molecule has 0 amide bonds. The van der Waals surface area contributed by atoms with E-state index in [0.29, 0.717) is 11.3 Å². The second-order valence-electron chi connectivity index (χ2n) is 3.49. The minimum absolute atomic E-state index is 0.0116. The SMILES string of the molecule is COc1ccc(-c2oc(=O)oc2COC(=O)O)cc1. The zero-order valence-electron chi connectivity index (χ0n) is 9.91. The van der Waals surface area contributed by atoms with Crippen molar-refractivity contribution < 1.29 is 28.2 Å². The molecular formula is C12H10O7. The summed E-state index contributed by atoms with van der Waals surface area (Å²) in [5, 5.41) is 8.42. The van der Waals surface area contributed by atoms with Gasteiger partial charge in [-0.15, -0.1) is 0 Å². The molecule has 100 valence electrons. The predicted molar refractivity (Wildman–Crippen MR) is 62.0 cm³/mol. The summed E-state index contributed by atoms with van der Waals surface area (Å²) in [4.78, 5) is 21.4. The largest absolute Gasteiger partial charge is 0.519 e. The van der Waals surface area contributed by atoms with Gasteiger partial charge in [0.05, 0.1) is 7.11 Å². The van der Waals surface area contributed by atoms with Crippen LogP contribution in [-0.2, 0) is 11.3 Å². The predicted octanol–water partition coefficient (Wildman–Crippen LogP) is 2.10. The lowest BCUT2D eigenvalue weighted by atomic mass is 10.1. The van der Waals surface area contributed by atoms with E-state index in [1.165, 1.54) is 7.11 Å². The van der Waals surface area contributed by atoms with Gasteiger partial charge in [0.15, 0.2) is 18.1 Å². The first-order valence-corrected chi connectivity index (χ1v) is 5.23. The van der Waals surface area contributed by atoms with Crippen molar-refractivity contribution in [3.05, 3.63) is 40.6 Å². The summed E-state index contributed by atoms with van der Waals surface area (Å²) >= 11 is 0. The zero-order chi connectivity index (χ0) is 13.8. The average Bonchev–Trinajstić information content (AvgIpc) is 2.78. The van der Waals surface area contributed by atoms with E-state index >= 15 is 0 Å². The third-order valence-electron chi connectivity index (χ3n) is 2.32. The van der Waals surface area contributed by atoms with Crippen LogP contribution in [0.5, 0.6) is 5.75 Å². The lowest BCUT2D eigenvalue weighted by Gasteiger charge is -2.02. The molecule has 0 radical (unpaired) electrons. The third-order valence-corrected chi connectivity index (χ3v) is 2.32. The Labute approximate surface area is 107 Å². The highest BCUT2D eigenvalue weighted by Crippen LogP contribution is 2.25. The first-order chi connectivity index (χ1) is 9.10. The van der Waals surface area contributed by atoms with Gasteiger partial charge in [0.25, 0.3) is 0 Å². The molecular weight excluding hydrogens is 256 g/mol. The molecule has 2 aromatic rings. The van der Waals surface area contributed by atoms with Gasteiger partial charge in [-0.05, 0) is 24.3 Å². The molecule has 0 spiro atoms. The number of rotatable bonds is 4. The Morgan fingerprint density at radius 2 is 1.95 bits per heavy atom. The van der Waals surface area contributed by atoms with Gasteiger partial charge in [-0.1, -0.05) is 0 Å². The van der Waals surface area contributed by atoms with Crippen LogP contribution >= 0.6 is 0 Å². The highest BCUT2D eigenvalue weighted by Gasteiger charge is 2.16. The highest BCUT2D eigenvalue weighted by molar-refractivity contribution is 5.61. The van der Waals surface area contributed by atoms with E-state index in [-0.39, 0.29) is 11.5 Å². The first-order valence-electron chi connectivity index (χ1n) is 5.23. The topological polar surface area (TPSA) is 99.1 Å². The number of carbonyl (C=O) groups is 1. The van der Waals surface area contributed by atoms with Crippen LogP contribution in [0.2, 0.25) is 0 Å². The molecule has 0 aliphatic rings. The molecule has 1 aromatic heterocycles. The van der Waals surface area contributed by atoms with Crippen molar-refractivity contribution in [1.29, 1.82) is 0 Å². The summed E-state index contributed by atoms with van der Waals surface area (Å²) in [7, 11) is 1.53. The number of methoxy groups -OCH3 is 1. The maximum atomic E-state index is 11.1. The van der Waals surface area contributed by atoms with Crippen molar-refractivity contribution in [1.82, 2.24) is 0 Å². The summed E-state index contributed by atoms with van der Waals surface area (Å²) < 4.78 is 19.0. The number of hydrogen-bond acceptors (Lipinski definition) is 6. The first kappa shape index (κ1) is 12.7. The highest BCUT2D eigenvalue weighted by atomic mass is 16.7. The van der Waals surface area contributed by atoms with Crippen molar-refractivity contribution in [3.63, 3.8) is 0 Å². The summed E-state index contributed by atoms with van der Waals surface area (Å²) in [5.41, 5.74) is 0.552. The molecule has 0 fully saturated rings. The van der Waals surface area contributed by atoms with Gasteiger partial charge in [-0.25, -0.2) is 9.59 Å². The minimum Gasteiger partial charge on any atom is -0.497 e. The van der Waals surface area contributed by atoms with Gasteiger partial charge in [0.2, 0.25) is 0 Å². The van der Waals surface area contributed by atoms with Gasteiger partial charge >= 0.3 is 12.0 Å². The molecule has 1 heterocycles. The van der Waals surface area contributed by atoms with Crippen LogP contribution < -0.4 is 10.6 Å². The van der Waals surface area contributed by atoms with Gasteiger partial charge in [0, 0.05) is 5.56 Å². The Morgan fingerprint density at radius 1 is 1.26 bits per heavy atom. The molecule has 0 unspecified atom stereocenters. The van der Waals surface area contributed by atoms with Crippen molar-refractivity contribution in [2.24, 2.45) is 0 Å². The standard InChI is InChI=1S/C12H10O7/c1-16-8-4-2-7(3-5-8)10-9(6-17-11(13)14)18-12(15)19-10/h2-5H,6H2,1H3,(H,13,14). The van der Waals surface area contributed by atoms with Gasteiger partial charge in [0.1, 0.15) is 5.75 Å². The third kappa shape index (κ3) is 2.95. The Morgan fingerprint density at radius 3 is 2.53 bits per heavy atom. The fourth-order valence-corrected chi connectivity index (χ4v) is 1.49. The van der Waals surface area contributed by atoms with Crippen LogP contribution in [0.1, 0.15) is 5.76 Å². The molecule has 1 aromatic carbocycles. The van der Waals surface area contributed by atoms with Crippen molar-refractivity contribution in [3.8, 4) is 17.1 Å². The van der Waals surface area contributed by atoms with Gasteiger partial charge < -0.3 is 23.4 Å². The van der Waals surface area contributed by atoms with Crippen LogP contribution in [0.4, 0.5) is 4.79 Å². The van der Waals surface area contributed by atoms with Gasteiger partial charge in [-0.3, -0.25) is 0 Å². The van der Waals surface area contributed by atoms with E-state index in [0.717, 1.165) is 0 Å². The summed E-state index contributed by atoms with van der Waals surface area (Å²) in [6.07, 6.45) is -1.47. The number of hydrogen-bond donors (Lipinski definition) is 1. The summed E-state index contributed by atoms with van der Waals surface area (Å²) in [5.74, 6) is -0.140. The van der Waals surface area contributed by atoms with E-state index in [1.54, 1.807) is 24.3 Å². The molecule has 1 N–H and O–H groups in total. The Hall–Kier alpha value is -2.70. The smallest absolute Gasteiger partial charge is 0.497 e. The second-order valence-corrected chi connectivity index (χ2v) is 3.49. The van der Waals surface area contributed by atoms with Crippen molar-refractivity contribution in [2.45, 2.75) is 6.61 Å². The zero-order valence-corrected chi connectivity index (χ0v) is 9.91. The molecule has 0 saturated heterocycles. The average molecular weight is 266 g/mol. The molecule has 0 aliphatic carbocycles. The summed E-state index contributed by atoms with van der Waals surface area (Å²) in [6, 6.07) is 6.64. The Bertz CT molecular complexity index is 620. The second kappa shape index (κ2) is 5.30. The van der Waals surface area contributed by atoms with Crippen molar-refractivity contribution >= 4 is 6.16 Å². The molecule has 7 heteroatoms. The van der Waals surface area contributed by atoms with Crippen LogP contribution in [0.15, 0.2) is 37.9 Å². The number of benzene rings is 1. The van der Waals surface area contributed by atoms with E-state index in [1.807, 2.05) is 0 Å². The van der Waals surface area contributed by atoms with Crippen LogP contribution in [-0.4, -0.2) is 18.4 Å². The van der Waals surface area contributed by atoms with Crippen LogP contribution in [0.25, 0.3) is 11.3 Å². The van der Waals surface area contributed by atoms with E-state index in [9.17, 15) is 9.59 Å². The van der Waals surface area contributed by atoms with E-state index in [2.05, 4.69) is 4.74 Å². The molecule has 19 heavy (non-hydrogen) atoms. The molecule has 7 nitrogen and oxygen atoms in total. The lowest BCUT2D eigenvalue weighted by Crippen LogP contribution is -2.00. The van der Waals surface area contributed by atoms with E-state index < -0.39 is 18.6 Å². The Balaban J connectivity index is 2.32. The molecule has 2 rings (SSSR count).